The van der Waals surface area contributed by atoms with Crippen molar-refractivity contribution in [2.24, 2.45) is 0 Å². The Labute approximate surface area is 119 Å². The van der Waals surface area contributed by atoms with Crippen LogP contribution in [0.2, 0.25) is 0 Å². The zero-order valence-electron chi connectivity index (χ0n) is 11.8. The average molecular weight is 272 g/mol. The van der Waals surface area contributed by atoms with Gasteiger partial charge in [0.15, 0.2) is 0 Å². The fourth-order valence-corrected chi connectivity index (χ4v) is 1.96. The molecule has 2 aromatic rings. The zero-order chi connectivity index (χ0) is 14.4. The van der Waals surface area contributed by atoms with Crippen molar-refractivity contribution in [3.63, 3.8) is 0 Å². The Morgan fingerprint density at radius 2 is 1.95 bits per heavy atom. The summed E-state index contributed by atoms with van der Waals surface area (Å²) in [4.78, 5) is 0. The Morgan fingerprint density at radius 1 is 1.10 bits per heavy atom. The van der Waals surface area contributed by atoms with Crippen LogP contribution in [0.4, 0.5) is 11.4 Å². The summed E-state index contributed by atoms with van der Waals surface area (Å²) in [7, 11) is 1.67. The summed E-state index contributed by atoms with van der Waals surface area (Å²) in [6, 6.07) is 13.6. The SMILES string of the molecule is CCOc1cc(N)cc(NCc2cccc(OC)c2)c1. The number of anilines is 2. The van der Waals surface area contributed by atoms with Gasteiger partial charge in [0, 0.05) is 30.1 Å². The number of rotatable bonds is 6. The van der Waals surface area contributed by atoms with Gasteiger partial charge in [0.2, 0.25) is 0 Å². The van der Waals surface area contributed by atoms with Gasteiger partial charge in [-0.25, -0.2) is 0 Å². The Bertz CT molecular complexity index is 570. The molecular formula is C16H20N2O2. The number of ether oxygens (including phenoxy) is 2. The van der Waals surface area contributed by atoms with E-state index in [-0.39, 0.29) is 0 Å². The lowest BCUT2D eigenvalue weighted by Crippen LogP contribution is -2.01. The minimum Gasteiger partial charge on any atom is -0.497 e. The van der Waals surface area contributed by atoms with E-state index in [4.69, 9.17) is 15.2 Å². The molecule has 0 aliphatic heterocycles. The minimum atomic E-state index is 0.624. The van der Waals surface area contributed by atoms with Gasteiger partial charge in [0.25, 0.3) is 0 Å². The molecule has 0 unspecified atom stereocenters. The second-order valence-corrected chi connectivity index (χ2v) is 4.43. The predicted octanol–water partition coefficient (Wildman–Crippen LogP) is 3.29. The van der Waals surface area contributed by atoms with Crippen molar-refractivity contribution in [2.45, 2.75) is 13.5 Å². The van der Waals surface area contributed by atoms with Crippen molar-refractivity contribution in [3.8, 4) is 11.5 Å². The molecule has 0 aliphatic carbocycles. The first-order valence-electron chi connectivity index (χ1n) is 6.61. The topological polar surface area (TPSA) is 56.5 Å². The first-order valence-corrected chi connectivity index (χ1v) is 6.61. The fraction of sp³-hybridized carbons (Fsp3) is 0.250. The molecule has 0 heterocycles. The number of nitrogen functional groups attached to an aromatic ring is 1. The molecule has 4 heteroatoms. The molecule has 0 atom stereocenters. The normalized spacial score (nSPS) is 10.1. The molecule has 2 aromatic carbocycles. The lowest BCUT2D eigenvalue weighted by atomic mass is 10.2. The quantitative estimate of drug-likeness (QED) is 0.792. The largest absolute Gasteiger partial charge is 0.497 e. The molecule has 0 fully saturated rings. The highest BCUT2D eigenvalue weighted by molar-refractivity contribution is 5.59. The minimum absolute atomic E-state index is 0.624. The first-order chi connectivity index (χ1) is 9.71. The molecule has 0 spiro atoms. The molecule has 0 amide bonds. The van der Waals surface area contributed by atoms with Gasteiger partial charge in [-0.05, 0) is 30.7 Å². The lowest BCUT2D eigenvalue weighted by Gasteiger charge is -2.11. The molecule has 0 aliphatic rings. The van der Waals surface area contributed by atoms with Gasteiger partial charge in [0.05, 0.1) is 13.7 Å². The summed E-state index contributed by atoms with van der Waals surface area (Å²) in [5, 5.41) is 3.34. The van der Waals surface area contributed by atoms with Crippen molar-refractivity contribution in [2.75, 3.05) is 24.8 Å². The maximum Gasteiger partial charge on any atom is 0.123 e. The Kier molecular flexibility index (Phi) is 4.71. The van der Waals surface area contributed by atoms with Crippen LogP contribution in [0, 0.1) is 0 Å². The van der Waals surface area contributed by atoms with E-state index in [0.29, 0.717) is 18.8 Å². The summed E-state index contributed by atoms with van der Waals surface area (Å²) in [5.41, 5.74) is 8.63. The Morgan fingerprint density at radius 3 is 2.70 bits per heavy atom. The van der Waals surface area contributed by atoms with Gasteiger partial charge in [-0.1, -0.05) is 12.1 Å². The monoisotopic (exact) mass is 272 g/mol. The number of hydrogen-bond donors (Lipinski definition) is 2. The van der Waals surface area contributed by atoms with Gasteiger partial charge >= 0.3 is 0 Å². The number of hydrogen-bond acceptors (Lipinski definition) is 4. The molecule has 2 rings (SSSR count). The summed E-state index contributed by atoms with van der Waals surface area (Å²) in [6.07, 6.45) is 0. The maximum absolute atomic E-state index is 5.86. The molecule has 4 nitrogen and oxygen atoms in total. The third kappa shape index (κ3) is 3.82. The number of methoxy groups -OCH3 is 1. The number of nitrogens with one attached hydrogen (secondary N) is 1. The molecule has 3 N–H and O–H groups in total. The van der Waals surface area contributed by atoms with Crippen LogP contribution in [0.1, 0.15) is 12.5 Å². The molecule has 0 saturated heterocycles. The molecule has 0 aromatic heterocycles. The van der Waals surface area contributed by atoms with E-state index in [9.17, 15) is 0 Å². The van der Waals surface area contributed by atoms with Gasteiger partial charge in [0.1, 0.15) is 11.5 Å². The maximum atomic E-state index is 5.86. The van der Waals surface area contributed by atoms with E-state index in [1.807, 2.05) is 49.4 Å². The fourth-order valence-electron chi connectivity index (χ4n) is 1.96. The smallest absolute Gasteiger partial charge is 0.123 e. The Hall–Kier alpha value is -2.36. The van der Waals surface area contributed by atoms with Crippen molar-refractivity contribution in [3.05, 3.63) is 48.0 Å². The van der Waals surface area contributed by atoms with E-state index in [0.717, 1.165) is 22.7 Å². The van der Waals surface area contributed by atoms with Crippen LogP contribution in [-0.2, 0) is 6.54 Å². The highest BCUT2D eigenvalue weighted by Gasteiger charge is 2.01. The van der Waals surface area contributed by atoms with Crippen molar-refractivity contribution in [1.82, 2.24) is 0 Å². The van der Waals surface area contributed by atoms with Crippen molar-refractivity contribution >= 4 is 11.4 Å². The van der Waals surface area contributed by atoms with Crippen molar-refractivity contribution in [1.29, 1.82) is 0 Å². The molecular weight excluding hydrogens is 252 g/mol. The predicted molar refractivity (Wildman–Crippen MR) is 82.3 cm³/mol. The van der Waals surface area contributed by atoms with E-state index < -0.39 is 0 Å². The van der Waals surface area contributed by atoms with Gasteiger partial charge in [-0.2, -0.15) is 0 Å². The van der Waals surface area contributed by atoms with Crippen LogP contribution in [-0.4, -0.2) is 13.7 Å². The Balaban J connectivity index is 2.06. The third-order valence-electron chi connectivity index (χ3n) is 2.87. The molecule has 20 heavy (non-hydrogen) atoms. The van der Waals surface area contributed by atoms with Gasteiger partial charge < -0.3 is 20.5 Å². The molecule has 0 radical (unpaired) electrons. The standard InChI is InChI=1S/C16H20N2O2/c1-3-20-16-9-13(17)8-14(10-16)18-11-12-5-4-6-15(7-12)19-2/h4-10,18H,3,11,17H2,1-2H3. The van der Waals surface area contributed by atoms with E-state index >= 15 is 0 Å². The second-order valence-electron chi connectivity index (χ2n) is 4.43. The van der Waals surface area contributed by atoms with Crippen LogP contribution in [0.15, 0.2) is 42.5 Å². The summed E-state index contributed by atoms with van der Waals surface area (Å²) >= 11 is 0. The van der Waals surface area contributed by atoms with Crippen LogP contribution in [0.5, 0.6) is 11.5 Å². The van der Waals surface area contributed by atoms with E-state index in [1.165, 1.54) is 0 Å². The van der Waals surface area contributed by atoms with Crippen molar-refractivity contribution < 1.29 is 9.47 Å². The van der Waals surface area contributed by atoms with E-state index in [1.54, 1.807) is 7.11 Å². The third-order valence-corrected chi connectivity index (χ3v) is 2.87. The highest BCUT2D eigenvalue weighted by atomic mass is 16.5. The first kappa shape index (κ1) is 14.1. The molecule has 106 valence electrons. The van der Waals surface area contributed by atoms with Crippen LogP contribution in [0.25, 0.3) is 0 Å². The second kappa shape index (κ2) is 6.70. The van der Waals surface area contributed by atoms with Gasteiger partial charge in [-0.3, -0.25) is 0 Å². The van der Waals surface area contributed by atoms with E-state index in [2.05, 4.69) is 5.32 Å². The highest BCUT2D eigenvalue weighted by Crippen LogP contribution is 2.23. The van der Waals surface area contributed by atoms with Gasteiger partial charge in [-0.15, -0.1) is 0 Å². The summed E-state index contributed by atoms with van der Waals surface area (Å²) in [6.45, 7) is 3.28. The van der Waals surface area contributed by atoms with Crippen LogP contribution in [0.3, 0.4) is 0 Å². The average Bonchev–Trinajstić information content (AvgIpc) is 2.45. The number of benzene rings is 2. The van der Waals surface area contributed by atoms with Crippen LogP contribution < -0.4 is 20.5 Å². The lowest BCUT2D eigenvalue weighted by molar-refractivity contribution is 0.340. The summed E-state index contributed by atoms with van der Waals surface area (Å²) in [5.74, 6) is 1.63. The number of nitrogens with two attached hydrogens (primary N) is 1. The zero-order valence-corrected chi connectivity index (χ0v) is 11.8. The molecule has 0 saturated carbocycles. The summed E-state index contributed by atoms with van der Waals surface area (Å²) < 4.78 is 10.7. The molecule has 0 bridgehead atoms. The van der Waals surface area contributed by atoms with Crippen LogP contribution >= 0.6 is 0 Å².